The zero-order chi connectivity index (χ0) is 14.8. The Morgan fingerprint density at radius 1 is 1.32 bits per heavy atom. The van der Waals surface area contributed by atoms with Gasteiger partial charge in [0, 0.05) is 26.1 Å². The van der Waals surface area contributed by atoms with E-state index in [4.69, 9.17) is 9.15 Å². The predicted molar refractivity (Wildman–Crippen MR) is 100 cm³/mol. The molecule has 0 amide bonds. The molecule has 2 N–H and O–H groups in total. The summed E-state index contributed by atoms with van der Waals surface area (Å²) in [6.07, 6.45) is 7.49. The lowest BCUT2D eigenvalue weighted by molar-refractivity contribution is 0.0224. The van der Waals surface area contributed by atoms with Gasteiger partial charge in [0.1, 0.15) is 5.76 Å². The normalized spacial score (nSPS) is 18.6. The van der Waals surface area contributed by atoms with Crippen molar-refractivity contribution >= 4 is 29.9 Å². The van der Waals surface area contributed by atoms with Gasteiger partial charge in [-0.2, -0.15) is 0 Å². The highest BCUT2D eigenvalue weighted by Gasteiger charge is 2.13. The fraction of sp³-hybridized carbons (Fsp3) is 0.688. The molecular weight excluding hydrogens is 393 g/mol. The summed E-state index contributed by atoms with van der Waals surface area (Å²) in [5.41, 5.74) is 0. The monoisotopic (exact) mass is 421 g/mol. The summed E-state index contributed by atoms with van der Waals surface area (Å²) in [6.45, 7) is 5.51. The molecule has 5 nitrogen and oxygen atoms in total. The van der Waals surface area contributed by atoms with Crippen molar-refractivity contribution in [1.29, 1.82) is 0 Å². The van der Waals surface area contributed by atoms with Gasteiger partial charge in [0.25, 0.3) is 0 Å². The Bertz CT molecular complexity index is 404. The largest absolute Gasteiger partial charge is 0.469 e. The lowest BCUT2D eigenvalue weighted by Crippen LogP contribution is -2.39. The maximum atomic E-state index is 5.72. The first-order valence-corrected chi connectivity index (χ1v) is 8.04. The van der Waals surface area contributed by atoms with Crippen molar-refractivity contribution < 1.29 is 9.15 Å². The average Bonchev–Trinajstić information content (AvgIpc) is 3.04. The van der Waals surface area contributed by atoms with Crippen molar-refractivity contribution in [3.05, 3.63) is 24.2 Å². The predicted octanol–water partition coefficient (Wildman–Crippen LogP) is 2.95. The lowest BCUT2D eigenvalue weighted by atomic mass is 10.1. The second-order valence-corrected chi connectivity index (χ2v) is 5.36. The van der Waals surface area contributed by atoms with E-state index in [1.807, 2.05) is 12.1 Å². The third-order valence-electron chi connectivity index (χ3n) is 3.51. The molecule has 1 unspecified atom stereocenters. The maximum absolute atomic E-state index is 5.72. The Labute approximate surface area is 150 Å². The molecular formula is C16H28IN3O2. The van der Waals surface area contributed by atoms with Gasteiger partial charge in [-0.3, -0.25) is 4.99 Å². The SMILES string of the molecule is CCCNC(=NCC1CCCCO1)NCCc1ccco1.I. The fourth-order valence-corrected chi connectivity index (χ4v) is 2.32. The molecule has 0 aromatic carbocycles. The molecule has 1 aliphatic rings. The molecule has 0 spiro atoms. The summed E-state index contributed by atoms with van der Waals surface area (Å²) in [7, 11) is 0. The lowest BCUT2D eigenvalue weighted by Gasteiger charge is -2.21. The minimum absolute atomic E-state index is 0. The molecule has 1 fully saturated rings. The van der Waals surface area contributed by atoms with Gasteiger partial charge in [0.2, 0.25) is 0 Å². The summed E-state index contributed by atoms with van der Waals surface area (Å²) in [4.78, 5) is 4.64. The first kappa shape index (κ1) is 19.3. The van der Waals surface area contributed by atoms with E-state index >= 15 is 0 Å². The summed E-state index contributed by atoms with van der Waals surface area (Å²) in [6, 6.07) is 3.91. The van der Waals surface area contributed by atoms with Crippen molar-refractivity contribution in [2.24, 2.45) is 4.99 Å². The van der Waals surface area contributed by atoms with Crippen molar-refractivity contribution in [1.82, 2.24) is 10.6 Å². The molecule has 1 aliphatic heterocycles. The van der Waals surface area contributed by atoms with Gasteiger partial charge < -0.3 is 19.8 Å². The van der Waals surface area contributed by atoms with Crippen LogP contribution in [0.2, 0.25) is 0 Å². The van der Waals surface area contributed by atoms with Crippen LogP contribution in [-0.2, 0) is 11.2 Å². The zero-order valence-electron chi connectivity index (χ0n) is 13.3. The third-order valence-corrected chi connectivity index (χ3v) is 3.51. The fourth-order valence-electron chi connectivity index (χ4n) is 2.32. The zero-order valence-corrected chi connectivity index (χ0v) is 15.7. The number of aliphatic imine (C=N–C) groups is 1. The second kappa shape index (κ2) is 11.8. The summed E-state index contributed by atoms with van der Waals surface area (Å²) < 4.78 is 11.0. The van der Waals surface area contributed by atoms with E-state index in [9.17, 15) is 0 Å². The molecule has 0 aliphatic carbocycles. The number of halogens is 1. The molecule has 6 heteroatoms. The van der Waals surface area contributed by atoms with Crippen LogP contribution < -0.4 is 10.6 Å². The Balaban J connectivity index is 0.00000242. The van der Waals surface area contributed by atoms with Crippen molar-refractivity contribution in [2.75, 3.05) is 26.2 Å². The van der Waals surface area contributed by atoms with Gasteiger partial charge in [-0.15, -0.1) is 24.0 Å². The van der Waals surface area contributed by atoms with E-state index in [0.717, 1.165) is 57.2 Å². The van der Waals surface area contributed by atoms with Crippen LogP contribution in [0.4, 0.5) is 0 Å². The first-order chi connectivity index (χ1) is 10.4. The summed E-state index contributed by atoms with van der Waals surface area (Å²) in [5.74, 6) is 1.87. The van der Waals surface area contributed by atoms with E-state index in [0.29, 0.717) is 0 Å². The number of nitrogens with one attached hydrogen (secondary N) is 2. The molecule has 2 rings (SSSR count). The first-order valence-electron chi connectivity index (χ1n) is 8.04. The average molecular weight is 421 g/mol. The van der Waals surface area contributed by atoms with E-state index in [2.05, 4.69) is 22.5 Å². The highest BCUT2D eigenvalue weighted by molar-refractivity contribution is 14.0. The Morgan fingerprint density at radius 2 is 2.18 bits per heavy atom. The van der Waals surface area contributed by atoms with E-state index in [1.54, 1.807) is 6.26 Å². The van der Waals surface area contributed by atoms with Gasteiger partial charge in [-0.25, -0.2) is 0 Å². The third kappa shape index (κ3) is 7.49. The van der Waals surface area contributed by atoms with Crippen LogP contribution >= 0.6 is 24.0 Å². The van der Waals surface area contributed by atoms with Crippen molar-refractivity contribution in [2.45, 2.75) is 45.1 Å². The standard InChI is InChI=1S/C16H27N3O2.HI/c1-2-9-17-16(18-10-8-14-7-5-12-20-14)19-13-15-6-3-4-11-21-15;/h5,7,12,15H,2-4,6,8-11,13H2,1H3,(H2,17,18,19);1H. The van der Waals surface area contributed by atoms with Crippen LogP contribution in [-0.4, -0.2) is 38.3 Å². The van der Waals surface area contributed by atoms with Gasteiger partial charge in [0.15, 0.2) is 5.96 Å². The van der Waals surface area contributed by atoms with Gasteiger partial charge in [0.05, 0.1) is 18.9 Å². The summed E-state index contributed by atoms with van der Waals surface area (Å²) >= 11 is 0. The summed E-state index contributed by atoms with van der Waals surface area (Å²) in [5, 5.41) is 6.70. The number of rotatable bonds is 7. The number of guanidine groups is 1. The van der Waals surface area contributed by atoms with Crippen LogP contribution in [0.5, 0.6) is 0 Å². The van der Waals surface area contributed by atoms with Gasteiger partial charge in [-0.05, 0) is 37.8 Å². The van der Waals surface area contributed by atoms with Crippen LogP contribution in [0.15, 0.2) is 27.8 Å². The Kier molecular flexibility index (Phi) is 10.3. The minimum atomic E-state index is 0. The maximum Gasteiger partial charge on any atom is 0.191 e. The molecule has 1 atom stereocenters. The number of nitrogens with zero attached hydrogens (tertiary/aromatic N) is 1. The smallest absolute Gasteiger partial charge is 0.191 e. The highest BCUT2D eigenvalue weighted by Crippen LogP contribution is 2.12. The topological polar surface area (TPSA) is 58.8 Å². The molecule has 0 radical (unpaired) electrons. The van der Waals surface area contributed by atoms with E-state index < -0.39 is 0 Å². The molecule has 2 heterocycles. The molecule has 1 aromatic heterocycles. The van der Waals surface area contributed by atoms with Crippen LogP contribution in [0, 0.1) is 0 Å². The van der Waals surface area contributed by atoms with Gasteiger partial charge in [-0.1, -0.05) is 6.92 Å². The van der Waals surface area contributed by atoms with Crippen molar-refractivity contribution in [3.63, 3.8) is 0 Å². The van der Waals surface area contributed by atoms with E-state index in [-0.39, 0.29) is 30.1 Å². The molecule has 22 heavy (non-hydrogen) atoms. The minimum Gasteiger partial charge on any atom is -0.469 e. The highest BCUT2D eigenvalue weighted by atomic mass is 127. The van der Waals surface area contributed by atoms with Crippen LogP contribution in [0.1, 0.15) is 38.4 Å². The molecule has 126 valence electrons. The van der Waals surface area contributed by atoms with Crippen molar-refractivity contribution in [3.8, 4) is 0 Å². The number of ether oxygens (including phenoxy) is 1. The number of hydrogen-bond donors (Lipinski definition) is 2. The Hall–Kier alpha value is -0.760. The van der Waals surface area contributed by atoms with E-state index in [1.165, 1.54) is 12.8 Å². The van der Waals surface area contributed by atoms with Crippen LogP contribution in [0.25, 0.3) is 0 Å². The Morgan fingerprint density at radius 3 is 2.86 bits per heavy atom. The quantitative estimate of drug-likeness (QED) is 0.404. The molecule has 1 saturated heterocycles. The molecule has 0 bridgehead atoms. The number of furan rings is 1. The second-order valence-electron chi connectivity index (χ2n) is 5.36. The van der Waals surface area contributed by atoms with Crippen LogP contribution in [0.3, 0.4) is 0 Å². The van der Waals surface area contributed by atoms with Gasteiger partial charge >= 0.3 is 0 Å². The molecule has 0 saturated carbocycles. The number of hydrogen-bond acceptors (Lipinski definition) is 3. The molecule has 1 aromatic rings.